The fraction of sp³-hybridized carbons (Fsp3) is 0.600. The van der Waals surface area contributed by atoms with Gasteiger partial charge in [0.1, 0.15) is 0 Å². The molecular formula is C15H21NO2S. The molecule has 3 nitrogen and oxygen atoms in total. The molecule has 1 saturated heterocycles. The minimum atomic E-state index is -2.84. The van der Waals surface area contributed by atoms with E-state index in [0.29, 0.717) is 11.8 Å². The Balaban J connectivity index is 1.82. The van der Waals surface area contributed by atoms with Crippen molar-refractivity contribution in [2.45, 2.75) is 44.2 Å². The highest BCUT2D eigenvalue weighted by Crippen LogP contribution is 2.33. The normalized spacial score (nSPS) is 33.0. The van der Waals surface area contributed by atoms with Crippen LogP contribution >= 0.6 is 0 Å². The molecule has 1 heterocycles. The van der Waals surface area contributed by atoms with Gasteiger partial charge in [-0.25, -0.2) is 8.42 Å². The standard InChI is InChI=1S/C15H21NO2S/c1-15(9-10-19(17,18)11-15)16-14-8-4-6-12-5-2-3-7-13(12)14/h2-3,5,7,14,16H,4,6,8-11H2,1H3. The van der Waals surface area contributed by atoms with Crippen LogP contribution in [0.3, 0.4) is 0 Å². The minimum Gasteiger partial charge on any atom is -0.304 e. The number of sulfone groups is 1. The van der Waals surface area contributed by atoms with E-state index in [1.54, 1.807) is 0 Å². The minimum absolute atomic E-state index is 0.256. The summed E-state index contributed by atoms with van der Waals surface area (Å²) in [6, 6.07) is 8.84. The van der Waals surface area contributed by atoms with Crippen LogP contribution in [0.2, 0.25) is 0 Å². The third-order valence-corrected chi connectivity index (χ3v) is 6.30. The van der Waals surface area contributed by atoms with Crippen LogP contribution in [-0.2, 0) is 16.3 Å². The number of hydrogen-bond donors (Lipinski definition) is 1. The molecular weight excluding hydrogens is 258 g/mol. The van der Waals surface area contributed by atoms with Crippen LogP contribution in [0.5, 0.6) is 0 Å². The highest BCUT2D eigenvalue weighted by molar-refractivity contribution is 7.91. The SMILES string of the molecule is CC1(NC2CCCc3ccccc32)CCS(=O)(=O)C1. The molecule has 0 aromatic heterocycles. The van der Waals surface area contributed by atoms with Crippen molar-refractivity contribution in [3.63, 3.8) is 0 Å². The predicted octanol–water partition coefficient (Wildman–Crippen LogP) is 2.23. The van der Waals surface area contributed by atoms with Crippen molar-refractivity contribution in [3.8, 4) is 0 Å². The van der Waals surface area contributed by atoms with Crippen molar-refractivity contribution >= 4 is 9.84 Å². The number of fused-ring (bicyclic) bond motifs is 1. The quantitative estimate of drug-likeness (QED) is 0.903. The lowest BCUT2D eigenvalue weighted by Gasteiger charge is -2.34. The van der Waals surface area contributed by atoms with Gasteiger partial charge in [0.2, 0.25) is 0 Å². The van der Waals surface area contributed by atoms with E-state index in [0.717, 1.165) is 19.3 Å². The first-order valence-electron chi connectivity index (χ1n) is 7.03. The molecule has 1 aromatic carbocycles. The Kier molecular flexibility index (Phi) is 3.18. The summed E-state index contributed by atoms with van der Waals surface area (Å²) in [4.78, 5) is 0. The number of rotatable bonds is 2. The fourth-order valence-electron chi connectivity index (χ4n) is 3.45. The van der Waals surface area contributed by atoms with Crippen LogP contribution in [-0.4, -0.2) is 25.5 Å². The Hall–Kier alpha value is -0.870. The molecule has 1 aliphatic carbocycles. The number of nitrogens with one attached hydrogen (secondary N) is 1. The van der Waals surface area contributed by atoms with Gasteiger partial charge in [-0.3, -0.25) is 0 Å². The largest absolute Gasteiger partial charge is 0.304 e. The Bertz CT molecular complexity index is 582. The molecule has 0 bridgehead atoms. The summed E-state index contributed by atoms with van der Waals surface area (Å²) in [7, 11) is -2.84. The second-order valence-electron chi connectivity index (χ2n) is 6.19. The van der Waals surface area contributed by atoms with Crippen molar-refractivity contribution in [2.75, 3.05) is 11.5 Å². The van der Waals surface area contributed by atoms with Gasteiger partial charge in [-0.1, -0.05) is 24.3 Å². The van der Waals surface area contributed by atoms with Crippen molar-refractivity contribution in [3.05, 3.63) is 35.4 Å². The van der Waals surface area contributed by atoms with E-state index in [9.17, 15) is 8.42 Å². The zero-order valence-corrected chi connectivity index (χ0v) is 12.2. The third kappa shape index (κ3) is 2.70. The van der Waals surface area contributed by atoms with E-state index < -0.39 is 9.84 Å². The first-order chi connectivity index (χ1) is 8.98. The molecule has 0 radical (unpaired) electrons. The van der Waals surface area contributed by atoms with E-state index in [1.807, 2.05) is 0 Å². The molecule has 2 aliphatic rings. The van der Waals surface area contributed by atoms with Gasteiger partial charge in [-0.2, -0.15) is 0 Å². The third-order valence-electron chi connectivity index (χ3n) is 4.40. The van der Waals surface area contributed by atoms with Crippen LogP contribution in [0.4, 0.5) is 0 Å². The second-order valence-corrected chi connectivity index (χ2v) is 8.37. The van der Waals surface area contributed by atoms with E-state index in [1.165, 1.54) is 17.5 Å². The molecule has 4 heteroatoms. The van der Waals surface area contributed by atoms with Crippen molar-refractivity contribution < 1.29 is 8.42 Å². The molecule has 1 fully saturated rings. The number of aryl methyl sites for hydroxylation is 1. The number of benzene rings is 1. The maximum Gasteiger partial charge on any atom is 0.152 e. The maximum absolute atomic E-state index is 11.7. The van der Waals surface area contributed by atoms with E-state index in [-0.39, 0.29) is 11.3 Å². The first-order valence-corrected chi connectivity index (χ1v) is 8.86. The van der Waals surface area contributed by atoms with Crippen molar-refractivity contribution in [1.82, 2.24) is 5.32 Å². The summed E-state index contributed by atoms with van der Waals surface area (Å²) in [5.41, 5.74) is 2.52. The van der Waals surface area contributed by atoms with Crippen LogP contribution in [0, 0.1) is 0 Å². The zero-order chi connectivity index (χ0) is 13.5. The first kappa shape index (κ1) is 13.1. The summed E-state index contributed by atoms with van der Waals surface area (Å²) in [6.45, 7) is 2.05. The van der Waals surface area contributed by atoms with Crippen LogP contribution in [0.25, 0.3) is 0 Å². The van der Waals surface area contributed by atoms with Crippen LogP contribution in [0.1, 0.15) is 43.4 Å². The van der Waals surface area contributed by atoms with Gasteiger partial charge in [0.15, 0.2) is 9.84 Å². The smallest absolute Gasteiger partial charge is 0.152 e. The Labute approximate surface area is 115 Å². The van der Waals surface area contributed by atoms with Crippen molar-refractivity contribution in [2.24, 2.45) is 0 Å². The van der Waals surface area contributed by atoms with E-state index >= 15 is 0 Å². The average Bonchev–Trinajstić information content (AvgIpc) is 2.64. The summed E-state index contributed by atoms with van der Waals surface area (Å²) in [5, 5.41) is 3.63. The molecule has 1 N–H and O–H groups in total. The lowest BCUT2D eigenvalue weighted by molar-refractivity contribution is 0.319. The monoisotopic (exact) mass is 279 g/mol. The van der Waals surface area contributed by atoms with Gasteiger partial charge in [0.25, 0.3) is 0 Å². The average molecular weight is 279 g/mol. The van der Waals surface area contributed by atoms with Gasteiger partial charge in [0, 0.05) is 11.6 Å². The topological polar surface area (TPSA) is 46.2 Å². The summed E-state index contributed by atoms with van der Waals surface area (Å²) in [5.74, 6) is 0.601. The molecule has 2 atom stereocenters. The highest BCUT2D eigenvalue weighted by Gasteiger charge is 2.40. The summed E-state index contributed by atoms with van der Waals surface area (Å²) < 4.78 is 23.4. The lowest BCUT2D eigenvalue weighted by atomic mass is 9.86. The van der Waals surface area contributed by atoms with Gasteiger partial charge in [0.05, 0.1) is 11.5 Å². The Morgan fingerprint density at radius 3 is 2.84 bits per heavy atom. The predicted molar refractivity (Wildman–Crippen MR) is 76.9 cm³/mol. The zero-order valence-electron chi connectivity index (χ0n) is 11.4. The van der Waals surface area contributed by atoms with E-state index in [4.69, 9.17) is 0 Å². The number of hydrogen-bond acceptors (Lipinski definition) is 3. The van der Waals surface area contributed by atoms with Crippen molar-refractivity contribution in [1.29, 1.82) is 0 Å². The van der Waals surface area contributed by atoms with E-state index in [2.05, 4.69) is 36.5 Å². The maximum atomic E-state index is 11.7. The Morgan fingerprint density at radius 1 is 1.32 bits per heavy atom. The molecule has 0 amide bonds. The molecule has 1 aliphatic heterocycles. The molecule has 0 spiro atoms. The van der Waals surface area contributed by atoms with Crippen LogP contribution < -0.4 is 5.32 Å². The summed E-state index contributed by atoms with van der Waals surface area (Å²) in [6.07, 6.45) is 4.15. The molecule has 104 valence electrons. The van der Waals surface area contributed by atoms with Crippen LogP contribution in [0.15, 0.2) is 24.3 Å². The lowest BCUT2D eigenvalue weighted by Crippen LogP contribution is -2.46. The van der Waals surface area contributed by atoms with Gasteiger partial charge in [-0.15, -0.1) is 0 Å². The summed E-state index contributed by atoms with van der Waals surface area (Å²) >= 11 is 0. The molecule has 1 aromatic rings. The molecule has 0 saturated carbocycles. The second kappa shape index (κ2) is 4.60. The highest BCUT2D eigenvalue weighted by atomic mass is 32.2. The Morgan fingerprint density at radius 2 is 2.11 bits per heavy atom. The molecule has 19 heavy (non-hydrogen) atoms. The van der Waals surface area contributed by atoms with Gasteiger partial charge >= 0.3 is 0 Å². The molecule has 3 rings (SSSR count). The van der Waals surface area contributed by atoms with Gasteiger partial charge in [-0.05, 0) is 43.7 Å². The fourth-order valence-corrected chi connectivity index (χ4v) is 5.55. The van der Waals surface area contributed by atoms with Gasteiger partial charge < -0.3 is 5.32 Å². The molecule has 2 unspecified atom stereocenters.